The van der Waals surface area contributed by atoms with E-state index in [4.69, 9.17) is 20.9 Å². The van der Waals surface area contributed by atoms with E-state index < -0.39 is 5.92 Å². The van der Waals surface area contributed by atoms with Gasteiger partial charge in [0.1, 0.15) is 11.7 Å². The second-order valence-electron chi connectivity index (χ2n) is 6.02. The zero-order valence-corrected chi connectivity index (χ0v) is 16.3. The van der Waals surface area contributed by atoms with Crippen molar-refractivity contribution in [1.29, 1.82) is 0 Å². The van der Waals surface area contributed by atoms with E-state index in [0.29, 0.717) is 34.5 Å². The number of halogens is 1. The Balaban J connectivity index is 1.82. The van der Waals surface area contributed by atoms with Gasteiger partial charge in [0.05, 0.1) is 28.7 Å². The van der Waals surface area contributed by atoms with Crippen LogP contribution < -0.4 is 10.1 Å². The van der Waals surface area contributed by atoms with E-state index in [2.05, 4.69) is 15.5 Å². The predicted molar refractivity (Wildman–Crippen MR) is 110 cm³/mol. The van der Waals surface area contributed by atoms with Gasteiger partial charge >= 0.3 is 0 Å². The normalized spacial score (nSPS) is 12.1. The molecule has 0 fully saturated rings. The van der Waals surface area contributed by atoms with Crippen LogP contribution in [0, 0.1) is 6.92 Å². The summed E-state index contributed by atoms with van der Waals surface area (Å²) in [4.78, 5) is 17.3. The number of benzene rings is 2. The molecule has 3 aromatic rings. The number of nitrogens with one attached hydrogen (secondary N) is 1. The van der Waals surface area contributed by atoms with Gasteiger partial charge in [0.15, 0.2) is 5.76 Å². The molecule has 0 aliphatic carbocycles. The molecule has 0 aliphatic rings. The molecule has 6 nitrogen and oxygen atoms in total. The Bertz CT molecular complexity index is 967. The average Bonchev–Trinajstić information content (AvgIpc) is 3.11. The monoisotopic (exact) mass is 397 g/mol. The second kappa shape index (κ2) is 9.19. The lowest BCUT2D eigenvalue weighted by Gasteiger charge is -2.11. The van der Waals surface area contributed by atoms with Crippen molar-refractivity contribution in [2.75, 3.05) is 11.9 Å². The van der Waals surface area contributed by atoms with Gasteiger partial charge in [0.25, 0.3) is 0 Å². The number of nitrogens with zero attached hydrogens (tertiary/aromatic N) is 2. The van der Waals surface area contributed by atoms with Crippen molar-refractivity contribution in [3.8, 4) is 5.75 Å². The number of hydrogen-bond acceptors (Lipinski definition) is 5. The topological polar surface area (TPSA) is 76.7 Å². The summed E-state index contributed by atoms with van der Waals surface area (Å²) >= 11 is 6.14. The molecule has 144 valence electrons. The summed E-state index contributed by atoms with van der Waals surface area (Å²) in [6, 6.07) is 16.0. The van der Waals surface area contributed by atoms with Crippen LogP contribution in [0.3, 0.4) is 0 Å². The van der Waals surface area contributed by atoms with E-state index in [-0.39, 0.29) is 5.91 Å². The van der Waals surface area contributed by atoms with E-state index >= 15 is 0 Å². The van der Waals surface area contributed by atoms with Gasteiger partial charge in [-0.2, -0.15) is 0 Å². The Hall–Kier alpha value is -3.12. The van der Waals surface area contributed by atoms with Gasteiger partial charge in [-0.1, -0.05) is 28.9 Å². The Labute approximate surface area is 168 Å². The first-order chi connectivity index (χ1) is 13.6. The number of aliphatic imine (C=N–C) groups is 1. The molecule has 1 atom stereocenters. The van der Waals surface area contributed by atoms with Crippen molar-refractivity contribution < 1.29 is 14.1 Å². The number of anilines is 1. The Kier molecular flexibility index (Phi) is 6.45. The molecule has 1 N–H and O–H groups in total. The van der Waals surface area contributed by atoms with E-state index in [9.17, 15) is 4.79 Å². The van der Waals surface area contributed by atoms with Crippen molar-refractivity contribution in [1.82, 2.24) is 5.16 Å². The number of carbonyl (C=O) groups excluding carboxylic acids is 1. The predicted octanol–water partition coefficient (Wildman–Crippen LogP) is 5.16. The van der Waals surface area contributed by atoms with Crippen LogP contribution in [0.5, 0.6) is 5.75 Å². The molecule has 1 aromatic heterocycles. The fraction of sp³-hybridized carbons (Fsp3) is 0.190. The van der Waals surface area contributed by atoms with Crippen LogP contribution in [-0.4, -0.2) is 23.9 Å². The number of aromatic nitrogens is 1. The Morgan fingerprint density at radius 2 is 2.04 bits per heavy atom. The molecule has 0 saturated carbocycles. The zero-order valence-electron chi connectivity index (χ0n) is 15.6. The highest BCUT2D eigenvalue weighted by molar-refractivity contribution is 6.33. The SMILES string of the molecule is CCOc1ccc(N=CC(C(=O)Nc2ccccc2Cl)c2cc(C)no2)cc1. The third-order valence-corrected chi connectivity index (χ3v) is 4.22. The number of aryl methyl sites for hydroxylation is 1. The molecule has 28 heavy (non-hydrogen) atoms. The van der Waals surface area contributed by atoms with Crippen LogP contribution in [-0.2, 0) is 4.79 Å². The minimum Gasteiger partial charge on any atom is -0.494 e. The summed E-state index contributed by atoms with van der Waals surface area (Å²) in [5, 5.41) is 7.13. The van der Waals surface area contributed by atoms with Gasteiger partial charge in [-0.25, -0.2) is 0 Å². The van der Waals surface area contributed by atoms with E-state index in [0.717, 1.165) is 5.75 Å². The van der Waals surface area contributed by atoms with Gasteiger partial charge in [0.2, 0.25) is 5.91 Å². The van der Waals surface area contributed by atoms with Crippen molar-refractivity contribution in [2.45, 2.75) is 19.8 Å². The van der Waals surface area contributed by atoms with Crippen LogP contribution in [0.4, 0.5) is 11.4 Å². The number of carbonyl (C=O) groups is 1. The van der Waals surface area contributed by atoms with Crippen molar-refractivity contribution in [3.05, 3.63) is 71.1 Å². The highest BCUT2D eigenvalue weighted by atomic mass is 35.5. The number of para-hydroxylation sites is 1. The van der Waals surface area contributed by atoms with Crippen molar-refractivity contribution >= 4 is 35.1 Å². The maximum absolute atomic E-state index is 12.9. The smallest absolute Gasteiger partial charge is 0.240 e. The largest absolute Gasteiger partial charge is 0.494 e. The maximum atomic E-state index is 12.9. The van der Waals surface area contributed by atoms with Gasteiger partial charge in [-0.05, 0) is 50.2 Å². The van der Waals surface area contributed by atoms with Gasteiger partial charge < -0.3 is 14.6 Å². The fourth-order valence-electron chi connectivity index (χ4n) is 2.53. The molecule has 3 rings (SSSR count). The van der Waals surface area contributed by atoms with Crippen LogP contribution in [0.2, 0.25) is 5.02 Å². The molecule has 0 saturated heterocycles. The minimum atomic E-state index is -0.760. The standard InChI is InChI=1S/C21H20ClN3O3/c1-3-27-16-10-8-15(9-11-16)23-13-17(20-12-14(2)25-28-20)21(26)24-19-7-5-4-6-18(19)22/h4-13,17H,3H2,1-2H3,(H,24,26). The van der Waals surface area contributed by atoms with E-state index in [1.165, 1.54) is 6.21 Å². The van der Waals surface area contributed by atoms with Crippen molar-refractivity contribution in [2.24, 2.45) is 4.99 Å². The molecule has 1 unspecified atom stereocenters. The van der Waals surface area contributed by atoms with Crippen molar-refractivity contribution in [3.63, 3.8) is 0 Å². The van der Waals surface area contributed by atoms with Crippen LogP contribution in [0.15, 0.2) is 64.1 Å². The lowest BCUT2D eigenvalue weighted by atomic mass is 10.1. The first-order valence-electron chi connectivity index (χ1n) is 8.82. The molecule has 0 spiro atoms. The fourth-order valence-corrected chi connectivity index (χ4v) is 2.71. The first kappa shape index (κ1) is 19.6. The lowest BCUT2D eigenvalue weighted by molar-refractivity contribution is -0.116. The van der Waals surface area contributed by atoms with E-state index in [1.807, 2.05) is 31.2 Å². The van der Waals surface area contributed by atoms with Crippen LogP contribution in [0.25, 0.3) is 0 Å². The molecule has 0 radical (unpaired) electrons. The summed E-state index contributed by atoms with van der Waals surface area (Å²) in [6.45, 7) is 4.31. The first-order valence-corrected chi connectivity index (χ1v) is 9.20. The third kappa shape index (κ3) is 4.98. The molecule has 0 bridgehead atoms. The number of hydrogen-bond donors (Lipinski definition) is 1. The van der Waals surface area contributed by atoms with Crippen LogP contribution in [0.1, 0.15) is 24.3 Å². The lowest BCUT2D eigenvalue weighted by Crippen LogP contribution is -2.22. The summed E-state index contributed by atoms with van der Waals surface area (Å²) in [5.74, 6) is 0.0834. The van der Waals surface area contributed by atoms with Gasteiger partial charge in [0, 0.05) is 12.3 Å². The summed E-state index contributed by atoms with van der Waals surface area (Å²) < 4.78 is 10.7. The Morgan fingerprint density at radius 1 is 1.29 bits per heavy atom. The molecule has 0 aliphatic heterocycles. The quantitative estimate of drug-likeness (QED) is 0.558. The molecule has 1 amide bonds. The maximum Gasteiger partial charge on any atom is 0.240 e. The third-order valence-electron chi connectivity index (χ3n) is 3.89. The molecule has 7 heteroatoms. The molecule has 2 aromatic carbocycles. The van der Waals surface area contributed by atoms with Crippen LogP contribution >= 0.6 is 11.6 Å². The molecular weight excluding hydrogens is 378 g/mol. The number of rotatable bonds is 7. The second-order valence-corrected chi connectivity index (χ2v) is 6.43. The van der Waals surface area contributed by atoms with Gasteiger partial charge in [-0.3, -0.25) is 9.79 Å². The number of amides is 1. The summed E-state index contributed by atoms with van der Waals surface area (Å²) in [7, 11) is 0. The summed E-state index contributed by atoms with van der Waals surface area (Å²) in [5.41, 5.74) is 1.89. The highest BCUT2D eigenvalue weighted by Gasteiger charge is 2.24. The summed E-state index contributed by atoms with van der Waals surface area (Å²) in [6.07, 6.45) is 1.53. The minimum absolute atomic E-state index is 0.320. The van der Waals surface area contributed by atoms with Gasteiger partial charge in [-0.15, -0.1) is 0 Å². The Morgan fingerprint density at radius 3 is 2.68 bits per heavy atom. The molecule has 1 heterocycles. The highest BCUT2D eigenvalue weighted by Crippen LogP contribution is 2.25. The zero-order chi connectivity index (χ0) is 19.9. The molecular formula is C21H20ClN3O3. The average molecular weight is 398 g/mol. The van der Waals surface area contributed by atoms with E-state index in [1.54, 1.807) is 37.3 Å². The number of ether oxygens (including phenoxy) is 1.